The van der Waals surface area contributed by atoms with Crippen LogP contribution in [0.5, 0.6) is 0 Å². The van der Waals surface area contributed by atoms with Crippen LogP contribution in [-0.2, 0) is 0 Å². The Morgan fingerprint density at radius 2 is 1.89 bits per heavy atom. The first-order valence-electron chi connectivity index (χ1n) is 7.25. The van der Waals surface area contributed by atoms with Crippen molar-refractivity contribution in [1.82, 2.24) is 4.90 Å². The Balaban J connectivity index is 1.87. The minimum absolute atomic E-state index is 0.168. The normalized spacial score (nSPS) is 26.3. The fraction of sp³-hybridized carbons (Fsp3) is 0.625. The molecule has 1 fully saturated rings. The summed E-state index contributed by atoms with van der Waals surface area (Å²) in [6.45, 7) is 10.3. The molecule has 2 nitrogen and oxygen atoms in total. The Labute approximate surface area is 121 Å². The molecular weight excluding hydrogens is 252 g/mol. The monoisotopic (exact) mass is 278 g/mol. The molecule has 19 heavy (non-hydrogen) atoms. The number of rotatable bonds is 4. The van der Waals surface area contributed by atoms with Crippen molar-refractivity contribution in [1.29, 1.82) is 0 Å². The van der Waals surface area contributed by atoms with Crippen LogP contribution in [0.2, 0.25) is 0 Å². The Morgan fingerprint density at radius 1 is 1.26 bits per heavy atom. The standard InChI is InChI=1S/C16H26N2S/c1-12-6-4-5-7-15(12)16(17)8-9-18-10-13(2)19-14(3)11-18/h4-7,13-14,16H,8-11,17H2,1-3H3. The highest BCUT2D eigenvalue weighted by atomic mass is 32.2. The lowest BCUT2D eigenvalue weighted by Crippen LogP contribution is -2.41. The minimum Gasteiger partial charge on any atom is -0.324 e. The van der Waals surface area contributed by atoms with E-state index in [0.717, 1.165) is 23.5 Å². The van der Waals surface area contributed by atoms with Gasteiger partial charge in [-0.2, -0.15) is 11.8 Å². The Bertz CT molecular complexity index is 397. The number of nitrogens with zero attached hydrogens (tertiary/aromatic N) is 1. The van der Waals surface area contributed by atoms with E-state index in [1.54, 1.807) is 0 Å². The van der Waals surface area contributed by atoms with E-state index in [9.17, 15) is 0 Å². The molecular formula is C16H26N2S. The van der Waals surface area contributed by atoms with E-state index in [1.807, 2.05) is 0 Å². The summed E-state index contributed by atoms with van der Waals surface area (Å²) in [5.74, 6) is 0. The summed E-state index contributed by atoms with van der Waals surface area (Å²) in [5.41, 5.74) is 8.96. The number of aryl methyl sites for hydroxylation is 1. The molecule has 0 amide bonds. The zero-order chi connectivity index (χ0) is 13.8. The number of hydrogen-bond donors (Lipinski definition) is 1. The second-order valence-corrected chi connectivity index (χ2v) is 7.65. The number of hydrogen-bond acceptors (Lipinski definition) is 3. The fourth-order valence-corrected chi connectivity index (χ4v) is 4.33. The van der Waals surface area contributed by atoms with Gasteiger partial charge in [-0.25, -0.2) is 0 Å². The average molecular weight is 278 g/mol. The molecule has 0 spiro atoms. The first-order valence-corrected chi connectivity index (χ1v) is 8.19. The molecule has 3 atom stereocenters. The molecule has 1 aromatic rings. The van der Waals surface area contributed by atoms with Crippen LogP contribution in [0.15, 0.2) is 24.3 Å². The second-order valence-electron chi connectivity index (χ2n) is 5.77. The highest BCUT2D eigenvalue weighted by Crippen LogP contribution is 2.26. The van der Waals surface area contributed by atoms with Gasteiger partial charge in [-0.15, -0.1) is 0 Å². The van der Waals surface area contributed by atoms with Crippen molar-refractivity contribution in [3.63, 3.8) is 0 Å². The summed E-state index contributed by atoms with van der Waals surface area (Å²) < 4.78 is 0. The van der Waals surface area contributed by atoms with Gasteiger partial charge < -0.3 is 10.6 Å². The zero-order valence-electron chi connectivity index (χ0n) is 12.3. The summed E-state index contributed by atoms with van der Waals surface area (Å²) in [6, 6.07) is 8.65. The van der Waals surface area contributed by atoms with Crippen molar-refractivity contribution in [2.45, 2.75) is 43.7 Å². The van der Waals surface area contributed by atoms with Gasteiger partial charge in [-0.3, -0.25) is 0 Å². The maximum atomic E-state index is 6.35. The van der Waals surface area contributed by atoms with E-state index < -0.39 is 0 Å². The van der Waals surface area contributed by atoms with Crippen LogP contribution in [0.25, 0.3) is 0 Å². The molecule has 0 saturated carbocycles. The highest BCUT2D eigenvalue weighted by molar-refractivity contribution is 8.00. The third-order valence-electron chi connectivity index (χ3n) is 3.84. The van der Waals surface area contributed by atoms with Crippen LogP contribution >= 0.6 is 11.8 Å². The molecule has 1 aliphatic rings. The van der Waals surface area contributed by atoms with E-state index in [1.165, 1.54) is 24.2 Å². The van der Waals surface area contributed by atoms with Crippen molar-refractivity contribution < 1.29 is 0 Å². The summed E-state index contributed by atoms with van der Waals surface area (Å²) >= 11 is 2.11. The summed E-state index contributed by atoms with van der Waals surface area (Å²) in [6.07, 6.45) is 1.05. The Hall–Kier alpha value is -0.510. The van der Waals surface area contributed by atoms with Crippen molar-refractivity contribution in [3.05, 3.63) is 35.4 Å². The molecule has 3 heteroatoms. The van der Waals surface area contributed by atoms with E-state index in [0.29, 0.717) is 0 Å². The van der Waals surface area contributed by atoms with Gasteiger partial charge in [0.25, 0.3) is 0 Å². The Morgan fingerprint density at radius 3 is 2.53 bits per heavy atom. The van der Waals surface area contributed by atoms with Crippen molar-refractivity contribution in [2.24, 2.45) is 5.73 Å². The topological polar surface area (TPSA) is 29.3 Å². The van der Waals surface area contributed by atoms with Gasteiger partial charge in [0, 0.05) is 36.2 Å². The smallest absolute Gasteiger partial charge is 0.0309 e. The van der Waals surface area contributed by atoms with Gasteiger partial charge in [0.05, 0.1) is 0 Å². The lowest BCUT2D eigenvalue weighted by Gasteiger charge is -2.35. The molecule has 1 heterocycles. The fourth-order valence-electron chi connectivity index (χ4n) is 2.95. The molecule has 2 rings (SSSR count). The van der Waals surface area contributed by atoms with Gasteiger partial charge in [0.1, 0.15) is 0 Å². The lowest BCUT2D eigenvalue weighted by atomic mass is 9.99. The maximum Gasteiger partial charge on any atom is 0.0309 e. The molecule has 1 aliphatic heterocycles. The van der Waals surface area contributed by atoms with E-state index in [4.69, 9.17) is 5.73 Å². The number of benzene rings is 1. The van der Waals surface area contributed by atoms with Crippen LogP contribution in [0.3, 0.4) is 0 Å². The predicted octanol–water partition coefficient (Wildman–Crippen LogP) is 3.21. The molecule has 0 aromatic heterocycles. The molecule has 0 aliphatic carbocycles. The molecule has 3 unspecified atom stereocenters. The van der Waals surface area contributed by atoms with Crippen LogP contribution in [-0.4, -0.2) is 35.0 Å². The minimum atomic E-state index is 0.168. The quantitative estimate of drug-likeness (QED) is 0.917. The summed E-state index contributed by atoms with van der Waals surface area (Å²) in [4.78, 5) is 2.57. The molecule has 1 saturated heterocycles. The van der Waals surface area contributed by atoms with Crippen LogP contribution in [0.4, 0.5) is 0 Å². The largest absolute Gasteiger partial charge is 0.324 e. The molecule has 2 N–H and O–H groups in total. The predicted molar refractivity (Wildman–Crippen MR) is 85.7 cm³/mol. The first kappa shape index (κ1) is 14.9. The molecule has 0 radical (unpaired) electrons. The molecule has 1 aromatic carbocycles. The highest BCUT2D eigenvalue weighted by Gasteiger charge is 2.22. The third-order valence-corrected chi connectivity index (χ3v) is 5.07. The van der Waals surface area contributed by atoms with E-state index in [2.05, 4.69) is 61.7 Å². The number of thioether (sulfide) groups is 1. The van der Waals surface area contributed by atoms with Crippen molar-refractivity contribution >= 4 is 11.8 Å². The maximum absolute atomic E-state index is 6.35. The second kappa shape index (κ2) is 6.78. The van der Waals surface area contributed by atoms with Gasteiger partial charge in [0.2, 0.25) is 0 Å². The van der Waals surface area contributed by atoms with E-state index >= 15 is 0 Å². The van der Waals surface area contributed by atoms with E-state index in [-0.39, 0.29) is 6.04 Å². The van der Waals surface area contributed by atoms with Crippen LogP contribution < -0.4 is 5.73 Å². The van der Waals surface area contributed by atoms with Gasteiger partial charge in [0.15, 0.2) is 0 Å². The first-order chi connectivity index (χ1) is 9.06. The molecule has 0 bridgehead atoms. The van der Waals surface area contributed by atoms with Gasteiger partial charge in [-0.05, 0) is 24.5 Å². The van der Waals surface area contributed by atoms with Crippen molar-refractivity contribution in [3.8, 4) is 0 Å². The summed E-state index contributed by atoms with van der Waals surface area (Å²) in [5, 5.41) is 1.50. The zero-order valence-corrected chi connectivity index (χ0v) is 13.1. The third kappa shape index (κ3) is 4.23. The lowest BCUT2D eigenvalue weighted by molar-refractivity contribution is 0.260. The SMILES string of the molecule is Cc1ccccc1C(N)CCN1CC(C)SC(C)C1. The van der Waals surface area contributed by atoms with Crippen LogP contribution in [0, 0.1) is 6.92 Å². The average Bonchev–Trinajstić information content (AvgIpc) is 2.35. The molecule has 106 valence electrons. The summed E-state index contributed by atoms with van der Waals surface area (Å²) in [7, 11) is 0. The number of nitrogens with two attached hydrogens (primary N) is 1. The van der Waals surface area contributed by atoms with Gasteiger partial charge >= 0.3 is 0 Å². The Kier molecular flexibility index (Phi) is 5.31. The van der Waals surface area contributed by atoms with Crippen molar-refractivity contribution in [2.75, 3.05) is 19.6 Å². The van der Waals surface area contributed by atoms with Gasteiger partial charge in [-0.1, -0.05) is 38.1 Å². The van der Waals surface area contributed by atoms with Crippen LogP contribution in [0.1, 0.15) is 37.4 Å².